The Morgan fingerprint density at radius 2 is 2.06 bits per heavy atom. The Morgan fingerprint density at radius 1 is 1.25 bits per heavy atom. The summed E-state index contributed by atoms with van der Waals surface area (Å²) in [6.07, 6.45) is 2.91. The van der Waals surface area contributed by atoms with Gasteiger partial charge in [0, 0.05) is 24.1 Å². The molecule has 0 spiro atoms. The number of benzene rings is 1. The molecule has 3 atom stereocenters. The summed E-state index contributed by atoms with van der Waals surface area (Å²) in [7, 11) is 1.52. The summed E-state index contributed by atoms with van der Waals surface area (Å²) >= 11 is 0. The smallest absolute Gasteiger partial charge is 0.162 e. The lowest BCUT2D eigenvalue weighted by Crippen LogP contribution is -2.47. The van der Waals surface area contributed by atoms with Crippen molar-refractivity contribution >= 4 is 33.6 Å². The van der Waals surface area contributed by atoms with Gasteiger partial charge >= 0.3 is 0 Å². The van der Waals surface area contributed by atoms with E-state index in [0.717, 1.165) is 16.3 Å². The van der Waals surface area contributed by atoms with Gasteiger partial charge in [-0.15, -0.1) is 0 Å². The van der Waals surface area contributed by atoms with Crippen LogP contribution in [0.1, 0.15) is 33.4 Å². The summed E-state index contributed by atoms with van der Waals surface area (Å²) in [5.74, 6) is 0.263. The first-order chi connectivity index (χ1) is 17.1. The van der Waals surface area contributed by atoms with Crippen LogP contribution in [0.5, 0.6) is 5.75 Å². The van der Waals surface area contributed by atoms with E-state index in [-0.39, 0.29) is 6.61 Å². The molecule has 1 aliphatic heterocycles. The lowest BCUT2D eigenvalue weighted by atomic mass is 9.96. The third-order valence-corrected chi connectivity index (χ3v) is 6.17. The second kappa shape index (κ2) is 9.17. The number of nitrogens with zero attached hydrogens (tertiary/aromatic N) is 4. The molecule has 0 amide bonds. The molecule has 0 saturated carbocycles. The molecule has 190 valence electrons. The number of aromatic nitrogens is 4. The van der Waals surface area contributed by atoms with Crippen molar-refractivity contribution in [1.82, 2.24) is 19.5 Å². The van der Waals surface area contributed by atoms with E-state index in [4.69, 9.17) is 24.8 Å². The Morgan fingerprint density at radius 3 is 2.83 bits per heavy atom. The van der Waals surface area contributed by atoms with Crippen LogP contribution >= 0.6 is 0 Å². The van der Waals surface area contributed by atoms with Crippen LogP contribution in [-0.4, -0.2) is 55.8 Å². The second-order valence-electron chi connectivity index (χ2n) is 9.54. The molecule has 0 aliphatic carbocycles. The van der Waals surface area contributed by atoms with Crippen molar-refractivity contribution < 1.29 is 24.2 Å². The molecule has 3 aromatic heterocycles. The van der Waals surface area contributed by atoms with Crippen LogP contribution < -0.4 is 16.0 Å². The summed E-state index contributed by atoms with van der Waals surface area (Å²) in [5, 5.41) is 12.2. The quantitative estimate of drug-likeness (QED) is 0.247. The van der Waals surface area contributed by atoms with E-state index in [2.05, 4.69) is 20.4 Å². The molecule has 1 aromatic carbocycles. The first-order valence-electron chi connectivity index (χ1n) is 11.6. The zero-order valence-electron chi connectivity index (χ0n) is 20.6. The summed E-state index contributed by atoms with van der Waals surface area (Å²) < 4.78 is 20.6. The molecular formula is C25H30N6O5. The number of nitrogen functional groups attached to an aromatic ring is 1. The fourth-order valence-corrected chi connectivity index (χ4v) is 4.67. The van der Waals surface area contributed by atoms with Gasteiger partial charge in [0.05, 0.1) is 18.0 Å². The van der Waals surface area contributed by atoms with E-state index in [1.165, 1.54) is 13.4 Å². The third kappa shape index (κ3) is 4.78. The second-order valence-corrected chi connectivity index (χ2v) is 9.54. The highest BCUT2D eigenvalue weighted by Crippen LogP contribution is 2.43. The molecular weight excluding hydrogens is 464 g/mol. The number of hydrogen-bond acceptors (Lipinski definition) is 10. The van der Waals surface area contributed by atoms with E-state index in [1.54, 1.807) is 19.9 Å². The number of nitrogens with one attached hydrogen (secondary N) is 1. The van der Waals surface area contributed by atoms with Gasteiger partial charge in [-0.1, -0.05) is 0 Å². The van der Waals surface area contributed by atoms with Gasteiger partial charge in [-0.05, 0) is 51.1 Å². The van der Waals surface area contributed by atoms with Crippen molar-refractivity contribution in [3.63, 3.8) is 0 Å². The van der Waals surface area contributed by atoms with E-state index in [9.17, 15) is 5.11 Å². The van der Waals surface area contributed by atoms with Gasteiger partial charge < -0.3 is 29.6 Å². The molecule has 4 heterocycles. The fraction of sp³-hybridized carbons (Fsp3) is 0.400. The number of rotatable bonds is 8. The standard InChI is InChI=1S/C25H30N6O5/c1-24(2,32)36-25(3)12-21(31-10-9-17-22(30-33-4)27-14-28-23(17)31)35-19(25)13-34-16-7-5-15-6-8-20(26)29-18(15)11-16/h5-11,14,19,21,32H,12-13H2,1-4H3,(H2,26,29)(H,27,28,30). The summed E-state index contributed by atoms with van der Waals surface area (Å²) in [6, 6.07) is 11.2. The molecule has 36 heavy (non-hydrogen) atoms. The number of hydrogen-bond donors (Lipinski definition) is 3. The molecule has 5 rings (SSSR count). The molecule has 1 fully saturated rings. The van der Waals surface area contributed by atoms with Crippen LogP contribution in [0.4, 0.5) is 11.6 Å². The zero-order valence-corrected chi connectivity index (χ0v) is 20.6. The molecule has 11 nitrogen and oxygen atoms in total. The predicted molar refractivity (Wildman–Crippen MR) is 134 cm³/mol. The molecule has 0 radical (unpaired) electrons. The first kappa shape index (κ1) is 24.2. The monoisotopic (exact) mass is 494 g/mol. The lowest BCUT2D eigenvalue weighted by Gasteiger charge is -2.35. The highest BCUT2D eigenvalue weighted by atomic mass is 16.7. The number of aliphatic hydroxyl groups is 1. The molecule has 3 unspecified atom stereocenters. The maximum absolute atomic E-state index is 10.5. The summed E-state index contributed by atoms with van der Waals surface area (Å²) in [6.45, 7) is 5.32. The maximum atomic E-state index is 10.5. The number of anilines is 2. The van der Waals surface area contributed by atoms with Crippen molar-refractivity contribution in [2.75, 3.05) is 24.9 Å². The molecule has 1 saturated heterocycles. The van der Waals surface area contributed by atoms with Gasteiger partial charge in [0.25, 0.3) is 0 Å². The van der Waals surface area contributed by atoms with Crippen LogP contribution in [0.15, 0.2) is 48.9 Å². The largest absolute Gasteiger partial charge is 0.491 e. The fourth-order valence-electron chi connectivity index (χ4n) is 4.67. The van der Waals surface area contributed by atoms with Crippen molar-refractivity contribution in [2.45, 2.75) is 50.9 Å². The minimum absolute atomic E-state index is 0.196. The summed E-state index contributed by atoms with van der Waals surface area (Å²) in [5.41, 5.74) is 9.18. The van der Waals surface area contributed by atoms with Gasteiger partial charge in [0.15, 0.2) is 11.6 Å². The minimum Gasteiger partial charge on any atom is -0.491 e. The predicted octanol–water partition coefficient (Wildman–Crippen LogP) is 3.41. The molecule has 1 aliphatic rings. The van der Waals surface area contributed by atoms with Crippen molar-refractivity contribution in [2.24, 2.45) is 0 Å². The number of pyridine rings is 1. The first-order valence-corrected chi connectivity index (χ1v) is 11.6. The van der Waals surface area contributed by atoms with Gasteiger partial charge in [-0.2, -0.15) is 0 Å². The van der Waals surface area contributed by atoms with E-state index in [0.29, 0.717) is 29.5 Å². The Bertz CT molecular complexity index is 1390. The Labute approximate surface area is 208 Å². The highest BCUT2D eigenvalue weighted by molar-refractivity contribution is 5.87. The minimum atomic E-state index is -1.37. The molecule has 4 N–H and O–H groups in total. The van der Waals surface area contributed by atoms with E-state index >= 15 is 0 Å². The average molecular weight is 495 g/mol. The van der Waals surface area contributed by atoms with Crippen LogP contribution in [0, 0.1) is 0 Å². The van der Waals surface area contributed by atoms with Crippen LogP contribution in [0.2, 0.25) is 0 Å². The number of fused-ring (bicyclic) bond motifs is 2. The molecule has 4 aromatic rings. The molecule has 11 heteroatoms. The van der Waals surface area contributed by atoms with Crippen LogP contribution in [0.3, 0.4) is 0 Å². The van der Waals surface area contributed by atoms with Crippen LogP contribution in [-0.2, 0) is 14.3 Å². The van der Waals surface area contributed by atoms with E-state index < -0.39 is 23.7 Å². The average Bonchev–Trinajstić information content (AvgIpc) is 3.37. The van der Waals surface area contributed by atoms with Gasteiger partial charge in [0.2, 0.25) is 0 Å². The number of nitrogens with two attached hydrogens (primary N) is 1. The van der Waals surface area contributed by atoms with Crippen molar-refractivity contribution in [1.29, 1.82) is 0 Å². The normalized spacial score (nSPS) is 22.4. The Kier molecular flexibility index (Phi) is 6.17. The maximum Gasteiger partial charge on any atom is 0.162 e. The Balaban J connectivity index is 1.41. The van der Waals surface area contributed by atoms with E-state index in [1.807, 2.05) is 48.0 Å². The third-order valence-electron chi connectivity index (χ3n) is 6.17. The topological polar surface area (TPSA) is 139 Å². The molecule has 0 bridgehead atoms. The lowest BCUT2D eigenvalue weighted by molar-refractivity contribution is -0.253. The SMILES string of the molecule is CONc1ncnc2c1ccn2C1CC(C)(OC(C)(C)O)C(COc2ccc3ccc(N)nc3c2)O1. The highest BCUT2D eigenvalue weighted by Gasteiger charge is 2.50. The van der Waals surface area contributed by atoms with Gasteiger partial charge in [-0.25, -0.2) is 20.4 Å². The van der Waals surface area contributed by atoms with Crippen LogP contribution in [0.25, 0.3) is 21.9 Å². The summed E-state index contributed by atoms with van der Waals surface area (Å²) in [4.78, 5) is 18.1. The van der Waals surface area contributed by atoms with Crippen molar-refractivity contribution in [3.8, 4) is 5.75 Å². The zero-order chi connectivity index (χ0) is 25.5. The van der Waals surface area contributed by atoms with Gasteiger partial charge in [-0.3, -0.25) is 4.84 Å². The van der Waals surface area contributed by atoms with Crippen molar-refractivity contribution in [3.05, 3.63) is 48.9 Å². The number of ether oxygens (including phenoxy) is 3. The Hall–Kier alpha value is -3.51. The van der Waals surface area contributed by atoms with Gasteiger partial charge in [0.1, 0.15) is 48.1 Å².